The molecule has 33 heavy (non-hydrogen) atoms. The van der Waals surface area contributed by atoms with Crippen molar-refractivity contribution in [2.24, 2.45) is 11.8 Å². The maximum absolute atomic E-state index is 13.2. The summed E-state index contributed by atoms with van der Waals surface area (Å²) in [6.07, 6.45) is -3.34. The molecule has 3 N–H and O–H groups in total. The molecular weight excluding hydrogens is 437 g/mol. The standard InChI is InChI=1S/C23H29F3N4O3/c1-21(2)10-18(31)30(20(27)29-21)11-12-7-14(12)19(32)28-16-9-22(3,4)33-17-6-5-13(8-15(16)17)23(24,25)26/h5-6,8,12,14,16H,7,9-11H2,1-4H3,(H2,27,29)(H,28,32)/t12?,14-,16?/m1/s1. The van der Waals surface area contributed by atoms with Crippen molar-refractivity contribution in [2.75, 3.05) is 6.54 Å². The normalized spacial score (nSPS) is 27.8. The van der Waals surface area contributed by atoms with Gasteiger partial charge in [0.1, 0.15) is 11.4 Å². The van der Waals surface area contributed by atoms with E-state index in [0.29, 0.717) is 24.2 Å². The number of alkyl halides is 3. The van der Waals surface area contributed by atoms with E-state index in [9.17, 15) is 22.8 Å². The summed E-state index contributed by atoms with van der Waals surface area (Å²) >= 11 is 0. The highest BCUT2D eigenvalue weighted by molar-refractivity contribution is 5.99. The smallest absolute Gasteiger partial charge is 0.416 e. The molecule has 2 heterocycles. The van der Waals surface area contributed by atoms with E-state index >= 15 is 0 Å². The Balaban J connectivity index is 1.44. The molecule has 1 aliphatic carbocycles. The molecule has 4 rings (SSSR count). The van der Waals surface area contributed by atoms with E-state index in [-0.39, 0.29) is 42.6 Å². The third-order valence-corrected chi connectivity index (χ3v) is 6.41. The van der Waals surface area contributed by atoms with Gasteiger partial charge in [0, 0.05) is 36.4 Å². The number of carbonyl (C=O) groups excluding carboxylic acids is 2. The van der Waals surface area contributed by atoms with E-state index in [2.05, 4.69) is 10.6 Å². The molecule has 10 heteroatoms. The predicted octanol–water partition coefficient (Wildman–Crippen LogP) is 3.60. The van der Waals surface area contributed by atoms with Crippen LogP contribution in [0.25, 0.3) is 0 Å². The lowest BCUT2D eigenvalue weighted by atomic mass is 9.88. The Hall–Kier alpha value is -2.78. The first-order valence-corrected chi connectivity index (χ1v) is 11.0. The fourth-order valence-corrected chi connectivity index (χ4v) is 4.67. The number of rotatable bonds is 4. The molecule has 2 aliphatic heterocycles. The van der Waals surface area contributed by atoms with Gasteiger partial charge in [-0.1, -0.05) is 0 Å². The van der Waals surface area contributed by atoms with E-state index in [4.69, 9.17) is 10.1 Å². The molecule has 2 unspecified atom stereocenters. The summed E-state index contributed by atoms with van der Waals surface area (Å²) in [6, 6.07) is 2.72. The average Bonchev–Trinajstić information content (AvgIpc) is 3.41. The average molecular weight is 467 g/mol. The van der Waals surface area contributed by atoms with Gasteiger partial charge >= 0.3 is 6.18 Å². The van der Waals surface area contributed by atoms with Gasteiger partial charge < -0.3 is 15.4 Å². The number of nitrogens with one attached hydrogen (secondary N) is 3. The number of ether oxygens (including phenoxy) is 1. The number of halogens is 3. The van der Waals surface area contributed by atoms with Crippen LogP contribution in [0.15, 0.2) is 18.2 Å². The third kappa shape index (κ3) is 4.94. The van der Waals surface area contributed by atoms with Crippen molar-refractivity contribution in [3.05, 3.63) is 29.3 Å². The highest BCUT2D eigenvalue weighted by atomic mass is 19.4. The molecule has 0 radical (unpaired) electrons. The van der Waals surface area contributed by atoms with Gasteiger partial charge in [-0.2, -0.15) is 13.2 Å². The maximum atomic E-state index is 13.2. The number of carbonyl (C=O) groups is 2. The van der Waals surface area contributed by atoms with Crippen molar-refractivity contribution >= 4 is 17.8 Å². The van der Waals surface area contributed by atoms with Crippen LogP contribution in [0.1, 0.15) is 64.1 Å². The lowest BCUT2D eigenvalue weighted by molar-refractivity contribution is -0.137. The van der Waals surface area contributed by atoms with Crippen LogP contribution in [-0.4, -0.2) is 40.4 Å². The molecule has 1 aromatic carbocycles. The fraction of sp³-hybridized carbons (Fsp3) is 0.609. The molecule has 0 bridgehead atoms. The van der Waals surface area contributed by atoms with Gasteiger partial charge in [0.2, 0.25) is 11.8 Å². The van der Waals surface area contributed by atoms with E-state index in [0.717, 1.165) is 12.1 Å². The molecule has 0 aromatic heterocycles. The van der Waals surface area contributed by atoms with Gasteiger partial charge in [-0.05, 0) is 58.2 Å². The van der Waals surface area contributed by atoms with Crippen LogP contribution in [0.5, 0.6) is 5.75 Å². The molecule has 1 aromatic rings. The Bertz CT molecular complexity index is 985. The summed E-state index contributed by atoms with van der Waals surface area (Å²) in [5.41, 5.74) is -1.61. The van der Waals surface area contributed by atoms with Gasteiger partial charge in [0.05, 0.1) is 11.6 Å². The zero-order valence-electron chi connectivity index (χ0n) is 19.1. The summed E-state index contributed by atoms with van der Waals surface area (Å²) in [5, 5.41) is 14.0. The first-order valence-electron chi connectivity index (χ1n) is 11.0. The van der Waals surface area contributed by atoms with Gasteiger partial charge in [-0.3, -0.25) is 19.9 Å². The molecule has 3 atom stereocenters. The maximum Gasteiger partial charge on any atom is 0.416 e. The van der Waals surface area contributed by atoms with Crippen molar-refractivity contribution in [3.8, 4) is 5.75 Å². The summed E-state index contributed by atoms with van der Waals surface area (Å²) < 4.78 is 45.6. The highest BCUT2D eigenvalue weighted by Crippen LogP contribution is 2.44. The number of benzene rings is 1. The molecule has 7 nitrogen and oxygen atoms in total. The number of guanidine groups is 1. The second kappa shape index (κ2) is 7.63. The molecule has 3 aliphatic rings. The van der Waals surface area contributed by atoms with E-state index in [1.165, 1.54) is 11.0 Å². The Morgan fingerprint density at radius 1 is 1.30 bits per heavy atom. The van der Waals surface area contributed by atoms with Crippen molar-refractivity contribution in [2.45, 2.75) is 70.3 Å². The monoisotopic (exact) mass is 466 g/mol. The van der Waals surface area contributed by atoms with Gasteiger partial charge in [0.15, 0.2) is 5.96 Å². The number of hydrogen-bond donors (Lipinski definition) is 3. The topological polar surface area (TPSA) is 94.5 Å². The van der Waals surface area contributed by atoms with Crippen molar-refractivity contribution in [1.82, 2.24) is 15.5 Å². The van der Waals surface area contributed by atoms with E-state index < -0.39 is 28.9 Å². The van der Waals surface area contributed by atoms with E-state index in [1.807, 2.05) is 27.7 Å². The Kier molecular flexibility index (Phi) is 5.41. The number of amides is 2. The second-order valence-corrected chi connectivity index (χ2v) is 10.5. The van der Waals surface area contributed by atoms with Crippen LogP contribution in [0, 0.1) is 17.2 Å². The van der Waals surface area contributed by atoms with Gasteiger partial charge in [-0.25, -0.2) is 0 Å². The van der Waals surface area contributed by atoms with Crippen molar-refractivity contribution < 1.29 is 27.5 Å². The van der Waals surface area contributed by atoms with Crippen molar-refractivity contribution in [3.63, 3.8) is 0 Å². The fourth-order valence-electron chi connectivity index (χ4n) is 4.67. The van der Waals surface area contributed by atoms with Crippen LogP contribution in [0.2, 0.25) is 0 Å². The zero-order chi connectivity index (χ0) is 24.3. The zero-order valence-corrected chi connectivity index (χ0v) is 19.1. The number of hydrogen-bond acceptors (Lipinski definition) is 4. The Labute approximate surface area is 190 Å². The molecule has 2 amide bonds. The summed E-state index contributed by atoms with van der Waals surface area (Å²) in [4.78, 5) is 26.8. The number of fused-ring (bicyclic) bond motifs is 1. The molecule has 2 fully saturated rings. The van der Waals surface area contributed by atoms with Gasteiger partial charge in [-0.15, -0.1) is 0 Å². The Morgan fingerprint density at radius 2 is 2.00 bits per heavy atom. The molecule has 1 saturated carbocycles. The first kappa shape index (κ1) is 23.4. The van der Waals surface area contributed by atoms with Crippen LogP contribution in [-0.2, 0) is 15.8 Å². The summed E-state index contributed by atoms with van der Waals surface area (Å²) in [7, 11) is 0. The lowest BCUT2D eigenvalue weighted by Gasteiger charge is -2.38. The molecule has 1 saturated heterocycles. The second-order valence-electron chi connectivity index (χ2n) is 10.5. The van der Waals surface area contributed by atoms with E-state index in [1.54, 1.807) is 0 Å². The molecule has 0 spiro atoms. The predicted molar refractivity (Wildman–Crippen MR) is 115 cm³/mol. The van der Waals surface area contributed by atoms with Gasteiger partial charge in [0.25, 0.3) is 0 Å². The van der Waals surface area contributed by atoms with Crippen LogP contribution in [0.3, 0.4) is 0 Å². The third-order valence-electron chi connectivity index (χ3n) is 6.41. The summed E-state index contributed by atoms with van der Waals surface area (Å²) in [6.45, 7) is 7.62. The number of nitrogens with zero attached hydrogens (tertiary/aromatic N) is 1. The summed E-state index contributed by atoms with van der Waals surface area (Å²) in [5.74, 6) is -0.489. The minimum absolute atomic E-state index is 0.0297. The van der Waals surface area contributed by atoms with Crippen molar-refractivity contribution in [1.29, 1.82) is 5.41 Å². The highest BCUT2D eigenvalue weighted by Gasteiger charge is 2.48. The van der Waals surface area contributed by atoms with Crippen LogP contribution in [0.4, 0.5) is 13.2 Å². The first-order chi connectivity index (χ1) is 15.2. The largest absolute Gasteiger partial charge is 0.487 e. The lowest BCUT2D eigenvalue weighted by Crippen LogP contribution is -2.60. The van der Waals surface area contributed by atoms with Crippen LogP contribution < -0.4 is 15.4 Å². The minimum atomic E-state index is -4.49. The minimum Gasteiger partial charge on any atom is -0.487 e. The SMILES string of the molecule is CC1(C)CC(=O)N(CC2C[C@H]2C(=O)NC2CC(C)(C)Oc3ccc(C(F)(F)F)cc32)C(=N)N1. The Morgan fingerprint density at radius 3 is 2.64 bits per heavy atom. The van der Waals surface area contributed by atoms with Crippen LogP contribution >= 0.6 is 0 Å². The molecular formula is C23H29F3N4O3. The molecule has 180 valence electrons. The quantitative estimate of drug-likeness (QED) is 0.632.